The van der Waals surface area contributed by atoms with Crippen LogP contribution in [-0.4, -0.2) is 18.5 Å². The van der Waals surface area contributed by atoms with Crippen molar-refractivity contribution in [1.29, 1.82) is 0 Å². The number of carbonyl (C=O) groups excluding carboxylic acids is 1. The lowest BCUT2D eigenvalue weighted by Gasteiger charge is -2.12. The average molecular weight is 232 g/mol. The molecule has 1 amide bonds. The zero-order valence-electron chi connectivity index (χ0n) is 10.3. The highest BCUT2D eigenvalue weighted by atomic mass is 16.1. The first kappa shape index (κ1) is 12.1. The maximum Gasteiger partial charge on any atom is 0.225 e. The molecule has 1 aromatic rings. The molecule has 17 heavy (non-hydrogen) atoms. The number of nitrogens with one attached hydrogen (secondary N) is 2. The van der Waals surface area contributed by atoms with Gasteiger partial charge in [-0.25, -0.2) is 0 Å². The minimum atomic E-state index is 0.116. The molecule has 0 aromatic heterocycles. The third kappa shape index (κ3) is 3.30. The molecule has 92 valence electrons. The van der Waals surface area contributed by atoms with Crippen molar-refractivity contribution in [3.8, 4) is 0 Å². The normalized spacial score (nSPS) is 19.2. The lowest BCUT2D eigenvalue weighted by molar-refractivity contribution is -0.116. The van der Waals surface area contributed by atoms with E-state index >= 15 is 0 Å². The molecule has 3 nitrogen and oxygen atoms in total. The van der Waals surface area contributed by atoms with E-state index in [0.29, 0.717) is 12.5 Å². The van der Waals surface area contributed by atoms with E-state index in [-0.39, 0.29) is 5.91 Å². The Morgan fingerprint density at radius 3 is 3.00 bits per heavy atom. The summed E-state index contributed by atoms with van der Waals surface area (Å²) in [7, 11) is 0. The minimum absolute atomic E-state index is 0.116. The van der Waals surface area contributed by atoms with Gasteiger partial charge in [-0.15, -0.1) is 0 Å². The van der Waals surface area contributed by atoms with Crippen molar-refractivity contribution >= 4 is 11.6 Å². The summed E-state index contributed by atoms with van der Waals surface area (Å²) in [6.07, 6.45) is 3.82. The second kappa shape index (κ2) is 5.82. The van der Waals surface area contributed by atoms with E-state index in [1.54, 1.807) is 0 Å². The lowest BCUT2D eigenvalue weighted by Crippen LogP contribution is -2.27. The topological polar surface area (TPSA) is 41.1 Å². The summed E-state index contributed by atoms with van der Waals surface area (Å²) in [5.41, 5.74) is 2.15. The van der Waals surface area contributed by atoms with Crippen molar-refractivity contribution in [2.45, 2.75) is 38.6 Å². The van der Waals surface area contributed by atoms with E-state index in [1.165, 1.54) is 12.0 Å². The first-order valence-electron chi connectivity index (χ1n) is 6.40. The number of benzene rings is 1. The number of rotatable bonds is 4. The van der Waals surface area contributed by atoms with Gasteiger partial charge in [0, 0.05) is 18.2 Å². The standard InChI is InChI=1S/C14H20N2O/c1-2-11-6-3-4-8-13(11)16-14(17)10-12-7-5-9-15-12/h3-4,6,8,12,15H,2,5,7,9-10H2,1H3,(H,16,17). The fourth-order valence-electron chi connectivity index (χ4n) is 2.31. The summed E-state index contributed by atoms with van der Waals surface area (Å²) in [5, 5.41) is 6.35. The van der Waals surface area contributed by atoms with Gasteiger partial charge < -0.3 is 10.6 Å². The fraction of sp³-hybridized carbons (Fsp3) is 0.500. The van der Waals surface area contributed by atoms with Gasteiger partial charge in [-0.3, -0.25) is 4.79 Å². The SMILES string of the molecule is CCc1ccccc1NC(=O)CC1CCCN1. The molecule has 0 aliphatic carbocycles. The highest BCUT2D eigenvalue weighted by Crippen LogP contribution is 2.16. The quantitative estimate of drug-likeness (QED) is 0.836. The van der Waals surface area contributed by atoms with Crippen LogP contribution in [-0.2, 0) is 11.2 Å². The molecule has 0 radical (unpaired) electrons. The summed E-state index contributed by atoms with van der Waals surface area (Å²) in [6.45, 7) is 3.15. The van der Waals surface area contributed by atoms with Gasteiger partial charge in [0.25, 0.3) is 0 Å². The number of para-hydroxylation sites is 1. The van der Waals surface area contributed by atoms with Crippen molar-refractivity contribution in [1.82, 2.24) is 5.32 Å². The Morgan fingerprint density at radius 1 is 1.47 bits per heavy atom. The van der Waals surface area contributed by atoms with Gasteiger partial charge in [-0.2, -0.15) is 0 Å². The van der Waals surface area contributed by atoms with Crippen LogP contribution in [0.25, 0.3) is 0 Å². The van der Waals surface area contributed by atoms with Gasteiger partial charge in [0.1, 0.15) is 0 Å². The molecule has 1 saturated heterocycles. The van der Waals surface area contributed by atoms with Crippen LogP contribution in [0.5, 0.6) is 0 Å². The molecule has 1 unspecified atom stereocenters. The van der Waals surface area contributed by atoms with Crippen LogP contribution < -0.4 is 10.6 Å². The Balaban J connectivity index is 1.92. The number of anilines is 1. The number of aryl methyl sites for hydroxylation is 1. The molecule has 1 aliphatic heterocycles. The van der Waals surface area contributed by atoms with Crippen molar-refractivity contribution in [3.05, 3.63) is 29.8 Å². The highest BCUT2D eigenvalue weighted by molar-refractivity contribution is 5.91. The van der Waals surface area contributed by atoms with Gasteiger partial charge in [-0.05, 0) is 37.4 Å². The van der Waals surface area contributed by atoms with Crippen LogP contribution in [0.1, 0.15) is 31.7 Å². The van der Waals surface area contributed by atoms with Crippen LogP contribution in [0.15, 0.2) is 24.3 Å². The maximum atomic E-state index is 11.9. The third-order valence-corrected chi connectivity index (χ3v) is 3.27. The van der Waals surface area contributed by atoms with Crippen LogP contribution in [0, 0.1) is 0 Å². The van der Waals surface area contributed by atoms with Crippen LogP contribution in [0.3, 0.4) is 0 Å². The molecule has 1 aromatic carbocycles. The summed E-state index contributed by atoms with van der Waals surface area (Å²) < 4.78 is 0. The van der Waals surface area contributed by atoms with Gasteiger partial charge in [0.2, 0.25) is 5.91 Å². The second-order valence-corrected chi connectivity index (χ2v) is 4.56. The van der Waals surface area contributed by atoms with Crippen molar-refractivity contribution in [2.75, 3.05) is 11.9 Å². The number of hydrogen-bond acceptors (Lipinski definition) is 2. The van der Waals surface area contributed by atoms with E-state index in [0.717, 1.165) is 25.1 Å². The molecule has 2 N–H and O–H groups in total. The molecule has 1 atom stereocenters. The van der Waals surface area contributed by atoms with Crippen LogP contribution >= 0.6 is 0 Å². The molecule has 0 saturated carbocycles. The minimum Gasteiger partial charge on any atom is -0.326 e. The third-order valence-electron chi connectivity index (χ3n) is 3.27. The molecule has 0 spiro atoms. The zero-order valence-corrected chi connectivity index (χ0v) is 10.3. The Bertz CT molecular complexity index is 384. The van der Waals surface area contributed by atoms with Gasteiger partial charge in [-0.1, -0.05) is 25.1 Å². The number of amides is 1. The molecule has 1 aliphatic rings. The lowest BCUT2D eigenvalue weighted by atomic mass is 10.1. The molecular formula is C14H20N2O. The molecule has 2 rings (SSSR count). The smallest absolute Gasteiger partial charge is 0.225 e. The summed E-state index contributed by atoms with van der Waals surface area (Å²) in [6, 6.07) is 8.36. The van der Waals surface area contributed by atoms with Crippen LogP contribution in [0.2, 0.25) is 0 Å². The first-order chi connectivity index (χ1) is 8.29. The van der Waals surface area contributed by atoms with Gasteiger partial charge >= 0.3 is 0 Å². The highest BCUT2D eigenvalue weighted by Gasteiger charge is 2.17. The average Bonchev–Trinajstić information content (AvgIpc) is 2.82. The van der Waals surface area contributed by atoms with Crippen molar-refractivity contribution in [3.63, 3.8) is 0 Å². The summed E-state index contributed by atoms with van der Waals surface area (Å²) >= 11 is 0. The molecule has 3 heteroatoms. The molecular weight excluding hydrogens is 212 g/mol. The Kier molecular flexibility index (Phi) is 4.15. The van der Waals surface area contributed by atoms with Crippen molar-refractivity contribution < 1.29 is 4.79 Å². The van der Waals surface area contributed by atoms with E-state index in [9.17, 15) is 4.79 Å². The Morgan fingerprint density at radius 2 is 2.29 bits per heavy atom. The predicted molar refractivity (Wildman–Crippen MR) is 70.1 cm³/mol. The van der Waals surface area contributed by atoms with Crippen molar-refractivity contribution in [2.24, 2.45) is 0 Å². The van der Waals surface area contributed by atoms with Gasteiger partial charge in [0.15, 0.2) is 0 Å². The van der Waals surface area contributed by atoms with E-state index < -0.39 is 0 Å². The van der Waals surface area contributed by atoms with Crippen LogP contribution in [0.4, 0.5) is 5.69 Å². The largest absolute Gasteiger partial charge is 0.326 e. The number of hydrogen-bond donors (Lipinski definition) is 2. The maximum absolute atomic E-state index is 11.9. The summed E-state index contributed by atoms with van der Waals surface area (Å²) in [5.74, 6) is 0.116. The predicted octanol–water partition coefficient (Wildman–Crippen LogP) is 2.33. The molecule has 1 heterocycles. The molecule has 1 fully saturated rings. The second-order valence-electron chi connectivity index (χ2n) is 4.56. The Labute approximate surface area is 103 Å². The number of carbonyl (C=O) groups is 1. The summed E-state index contributed by atoms with van der Waals surface area (Å²) in [4.78, 5) is 11.9. The van der Waals surface area contributed by atoms with E-state index in [2.05, 4.69) is 23.6 Å². The van der Waals surface area contributed by atoms with E-state index in [1.807, 2.05) is 18.2 Å². The molecule has 0 bridgehead atoms. The fourth-order valence-corrected chi connectivity index (χ4v) is 2.31. The van der Waals surface area contributed by atoms with Gasteiger partial charge in [0.05, 0.1) is 0 Å². The zero-order chi connectivity index (χ0) is 12.1. The monoisotopic (exact) mass is 232 g/mol. The Hall–Kier alpha value is -1.35. The first-order valence-corrected chi connectivity index (χ1v) is 6.40. The van der Waals surface area contributed by atoms with E-state index in [4.69, 9.17) is 0 Å².